The summed E-state index contributed by atoms with van der Waals surface area (Å²) < 4.78 is 7.33. The fourth-order valence-corrected chi connectivity index (χ4v) is 3.54. The van der Waals surface area contributed by atoms with Crippen LogP contribution in [0, 0.1) is 0 Å². The Morgan fingerprint density at radius 3 is 2.78 bits per heavy atom. The van der Waals surface area contributed by atoms with Gasteiger partial charge in [-0.25, -0.2) is 0 Å². The Morgan fingerprint density at radius 2 is 2.04 bits per heavy atom. The first-order valence-corrected chi connectivity index (χ1v) is 8.16. The number of aromatic nitrogens is 2. The van der Waals surface area contributed by atoms with Crippen LogP contribution in [0.15, 0.2) is 0 Å². The molecule has 0 bridgehead atoms. The molecule has 2 heterocycles. The largest absolute Gasteiger partial charge is 0.362 e. The van der Waals surface area contributed by atoms with Gasteiger partial charge in [0.15, 0.2) is 5.60 Å². The average molecular weight is 320 g/mol. The van der Waals surface area contributed by atoms with Gasteiger partial charge in [0.1, 0.15) is 5.69 Å². The lowest BCUT2D eigenvalue weighted by Crippen LogP contribution is -2.59. The van der Waals surface area contributed by atoms with Crippen molar-refractivity contribution in [2.45, 2.75) is 38.2 Å². The zero-order valence-corrected chi connectivity index (χ0v) is 14.0. The maximum Gasteiger partial charge on any atom is 0.272 e. The van der Waals surface area contributed by atoms with Crippen molar-refractivity contribution in [2.75, 3.05) is 26.7 Å². The molecule has 0 spiro atoms. The van der Waals surface area contributed by atoms with Gasteiger partial charge in [-0.05, 0) is 32.6 Å². The van der Waals surface area contributed by atoms with Crippen molar-refractivity contribution in [3.63, 3.8) is 0 Å². The molecule has 126 valence electrons. The quantitative estimate of drug-likeness (QED) is 0.849. The van der Waals surface area contributed by atoms with Crippen LogP contribution in [0.1, 0.15) is 41.5 Å². The number of carbonyl (C=O) groups excluding carboxylic acids is 2. The minimum Gasteiger partial charge on any atom is -0.362 e. The smallest absolute Gasteiger partial charge is 0.272 e. The average Bonchev–Trinajstić information content (AvgIpc) is 2.89. The Labute approximate surface area is 136 Å². The van der Waals surface area contributed by atoms with Crippen molar-refractivity contribution in [3.8, 4) is 0 Å². The third kappa shape index (κ3) is 2.73. The highest BCUT2D eigenvalue weighted by Crippen LogP contribution is 2.26. The van der Waals surface area contributed by atoms with Crippen molar-refractivity contribution in [1.82, 2.24) is 20.0 Å². The fraction of sp³-hybridized carbons (Fsp3) is 0.688. The van der Waals surface area contributed by atoms with E-state index >= 15 is 0 Å². The number of fused-ring (bicyclic) bond motifs is 1. The Hall–Kier alpha value is -1.89. The van der Waals surface area contributed by atoms with Gasteiger partial charge in [-0.2, -0.15) is 5.10 Å². The predicted octanol–water partition coefficient (Wildman–Crippen LogP) is 0.276. The highest BCUT2D eigenvalue weighted by Gasteiger charge is 2.41. The minimum atomic E-state index is -0.999. The summed E-state index contributed by atoms with van der Waals surface area (Å²) in [7, 11) is 3.40. The summed E-state index contributed by atoms with van der Waals surface area (Å²) in [5.41, 5.74) is 1.79. The minimum absolute atomic E-state index is 0.0541. The molecule has 1 aromatic rings. The summed E-state index contributed by atoms with van der Waals surface area (Å²) in [4.78, 5) is 26.8. The number of nitrogens with zero attached hydrogens (tertiary/aromatic N) is 3. The number of hydrogen-bond donors (Lipinski definition) is 1. The number of hydrogen-bond acceptors (Lipinski definition) is 4. The summed E-state index contributed by atoms with van der Waals surface area (Å²) >= 11 is 0. The van der Waals surface area contributed by atoms with Gasteiger partial charge in [-0.3, -0.25) is 14.3 Å². The second-order valence-corrected chi connectivity index (χ2v) is 6.49. The van der Waals surface area contributed by atoms with Gasteiger partial charge in [0, 0.05) is 26.2 Å². The summed E-state index contributed by atoms with van der Waals surface area (Å²) in [6.07, 6.45) is 4.07. The number of ether oxygens (including phenoxy) is 1. The standard InChI is InChI=1S/C16H24N4O3/c1-16(15(22)17-2)10-20(8-9-23-16)14(21)13-11-6-4-5-7-12(11)18-19(13)3/h4-10H2,1-3H3,(H,17,22)/t16-/m1/s1. The van der Waals surface area contributed by atoms with Crippen LogP contribution < -0.4 is 5.32 Å². The van der Waals surface area contributed by atoms with E-state index in [1.165, 1.54) is 0 Å². The summed E-state index contributed by atoms with van der Waals surface area (Å²) in [5.74, 6) is -0.261. The number of aryl methyl sites for hydroxylation is 2. The molecule has 0 aromatic carbocycles. The topological polar surface area (TPSA) is 76.5 Å². The van der Waals surface area contributed by atoms with Crippen LogP contribution in [0.4, 0.5) is 0 Å². The highest BCUT2D eigenvalue weighted by atomic mass is 16.5. The molecule has 1 fully saturated rings. The summed E-state index contributed by atoms with van der Waals surface area (Å²) in [6.45, 7) is 2.83. The molecule has 23 heavy (non-hydrogen) atoms. The lowest BCUT2D eigenvalue weighted by atomic mass is 9.95. The number of carbonyl (C=O) groups is 2. The normalized spacial score (nSPS) is 24.2. The van der Waals surface area contributed by atoms with Crippen LogP contribution in [-0.4, -0.2) is 58.8 Å². The van der Waals surface area contributed by atoms with Gasteiger partial charge in [-0.15, -0.1) is 0 Å². The summed E-state index contributed by atoms with van der Waals surface area (Å²) in [6, 6.07) is 0. The van der Waals surface area contributed by atoms with E-state index in [0.717, 1.165) is 36.9 Å². The van der Waals surface area contributed by atoms with E-state index in [1.807, 2.05) is 7.05 Å². The van der Waals surface area contributed by atoms with E-state index in [9.17, 15) is 9.59 Å². The molecule has 2 amide bonds. The first kappa shape index (κ1) is 16.0. The Bertz CT molecular complexity index is 640. The number of rotatable bonds is 2. The van der Waals surface area contributed by atoms with Crippen LogP contribution in [0.3, 0.4) is 0 Å². The Balaban J connectivity index is 1.86. The van der Waals surface area contributed by atoms with Gasteiger partial charge in [-0.1, -0.05) is 0 Å². The van der Waals surface area contributed by atoms with Gasteiger partial charge in [0.2, 0.25) is 0 Å². The second kappa shape index (κ2) is 5.96. The molecular weight excluding hydrogens is 296 g/mol. The number of amides is 2. The number of likely N-dealkylation sites (N-methyl/N-ethyl adjacent to an activating group) is 1. The first-order valence-electron chi connectivity index (χ1n) is 8.16. The molecule has 1 saturated heterocycles. The number of morpholine rings is 1. The maximum atomic E-state index is 13.0. The van der Waals surface area contributed by atoms with Crippen molar-refractivity contribution in [2.24, 2.45) is 7.05 Å². The Kier molecular flexibility index (Phi) is 4.14. The SMILES string of the molecule is CNC(=O)[C@@]1(C)CN(C(=O)c2c3c(nn2C)CCCC3)CCO1. The van der Waals surface area contributed by atoms with Crippen molar-refractivity contribution in [3.05, 3.63) is 17.0 Å². The molecule has 1 aliphatic carbocycles. The second-order valence-electron chi connectivity index (χ2n) is 6.49. The molecule has 1 N–H and O–H groups in total. The third-order valence-corrected chi connectivity index (χ3v) is 4.79. The summed E-state index contributed by atoms with van der Waals surface area (Å²) in [5, 5.41) is 7.12. The van der Waals surface area contributed by atoms with Crippen LogP contribution in [-0.2, 0) is 29.4 Å². The zero-order chi connectivity index (χ0) is 16.6. The third-order valence-electron chi connectivity index (χ3n) is 4.79. The first-order chi connectivity index (χ1) is 11.0. The number of nitrogens with one attached hydrogen (secondary N) is 1. The van der Waals surface area contributed by atoms with E-state index in [0.29, 0.717) is 18.8 Å². The molecule has 0 radical (unpaired) electrons. The van der Waals surface area contributed by atoms with Gasteiger partial charge in [0.25, 0.3) is 11.8 Å². The fourth-order valence-electron chi connectivity index (χ4n) is 3.54. The molecule has 7 nitrogen and oxygen atoms in total. The molecule has 1 aliphatic heterocycles. The van der Waals surface area contributed by atoms with Crippen LogP contribution >= 0.6 is 0 Å². The maximum absolute atomic E-state index is 13.0. The van der Waals surface area contributed by atoms with Crippen molar-refractivity contribution >= 4 is 11.8 Å². The molecule has 0 saturated carbocycles. The van der Waals surface area contributed by atoms with Gasteiger partial charge >= 0.3 is 0 Å². The lowest BCUT2D eigenvalue weighted by molar-refractivity contribution is -0.153. The molecular formula is C16H24N4O3. The molecule has 1 atom stereocenters. The van der Waals surface area contributed by atoms with E-state index in [4.69, 9.17) is 4.74 Å². The van der Waals surface area contributed by atoms with Crippen LogP contribution in [0.25, 0.3) is 0 Å². The monoisotopic (exact) mass is 320 g/mol. The van der Waals surface area contributed by atoms with Crippen LogP contribution in [0.5, 0.6) is 0 Å². The Morgan fingerprint density at radius 1 is 1.30 bits per heavy atom. The van der Waals surface area contributed by atoms with E-state index < -0.39 is 5.60 Å². The lowest BCUT2D eigenvalue weighted by Gasteiger charge is -2.39. The van der Waals surface area contributed by atoms with Gasteiger partial charge < -0.3 is 15.0 Å². The van der Waals surface area contributed by atoms with Crippen molar-refractivity contribution in [1.29, 1.82) is 0 Å². The van der Waals surface area contributed by atoms with E-state index in [1.54, 1.807) is 23.6 Å². The molecule has 3 rings (SSSR count). The highest BCUT2D eigenvalue weighted by molar-refractivity contribution is 5.95. The zero-order valence-electron chi connectivity index (χ0n) is 14.0. The molecule has 1 aromatic heterocycles. The van der Waals surface area contributed by atoms with Crippen molar-refractivity contribution < 1.29 is 14.3 Å². The van der Waals surface area contributed by atoms with E-state index in [-0.39, 0.29) is 18.4 Å². The predicted molar refractivity (Wildman–Crippen MR) is 84.2 cm³/mol. The molecule has 2 aliphatic rings. The van der Waals surface area contributed by atoms with Gasteiger partial charge in [0.05, 0.1) is 18.8 Å². The van der Waals surface area contributed by atoms with E-state index in [2.05, 4.69) is 10.4 Å². The molecule has 7 heteroatoms. The van der Waals surface area contributed by atoms with Crippen LogP contribution in [0.2, 0.25) is 0 Å². The molecule has 0 unspecified atom stereocenters.